The molecule has 0 radical (unpaired) electrons. The number of hydrogen-bond donors (Lipinski definition) is 2. The van der Waals surface area contributed by atoms with E-state index >= 15 is 0 Å². The molecule has 0 spiro atoms. The molecule has 20 heavy (non-hydrogen) atoms. The number of fused-ring (bicyclic) bond motifs is 2. The van der Waals surface area contributed by atoms with Crippen molar-refractivity contribution in [3.05, 3.63) is 52.5 Å². The van der Waals surface area contributed by atoms with Crippen molar-refractivity contribution < 1.29 is 0 Å². The van der Waals surface area contributed by atoms with Gasteiger partial charge < -0.3 is 5.32 Å². The van der Waals surface area contributed by atoms with Gasteiger partial charge in [-0.3, -0.25) is 5.10 Å². The number of nitriles is 2. The predicted molar refractivity (Wildman–Crippen MR) is 71.9 cm³/mol. The molecule has 2 N–H and O–H groups in total. The van der Waals surface area contributed by atoms with Gasteiger partial charge in [0.2, 0.25) is 0 Å². The van der Waals surface area contributed by atoms with E-state index in [2.05, 4.69) is 27.7 Å². The van der Waals surface area contributed by atoms with Crippen LogP contribution in [0.5, 0.6) is 0 Å². The highest BCUT2D eigenvalue weighted by molar-refractivity contribution is 5.85. The molecule has 1 aromatic carbocycles. The summed E-state index contributed by atoms with van der Waals surface area (Å²) in [4.78, 5) is 0. The maximum absolute atomic E-state index is 9.44. The van der Waals surface area contributed by atoms with E-state index in [1.807, 2.05) is 25.1 Å². The predicted octanol–water partition coefficient (Wildman–Crippen LogP) is 1.99. The molecule has 2 aromatic rings. The Morgan fingerprint density at radius 1 is 1.20 bits per heavy atom. The van der Waals surface area contributed by atoms with Crippen molar-refractivity contribution in [1.29, 1.82) is 10.5 Å². The first-order valence-corrected chi connectivity index (χ1v) is 6.21. The number of rotatable bonds is 1. The van der Waals surface area contributed by atoms with Crippen LogP contribution >= 0.6 is 0 Å². The Labute approximate surface area is 114 Å². The average Bonchev–Trinajstić information content (AvgIpc) is 2.77. The highest BCUT2D eigenvalue weighted by Crippen LogP contribution is 2.61. The lowest BCUT2D eigenvalue weighted by molar-refractivity contribution is 0.893. The fourth-order valence-corrected chi connectivity index (χ4v) is 3.14. The Morgan fingerprint density at radius 2 is 2.00 bits per heavy atom. The molecule has 1 unspecified atom stereocenters. The molecular weight excluding hydrogens is 250 g/mol. The minimum atomic E-state index is -0.640. The first-order valence-electron chi connectivity index (χ1n) is 6.21. The molecule has 0 fully saturated rings. The number of hydrogen-bond acceptors (Lipinski definition) is 4. The molecule has 1 aliphatic carbocycles. The van der Waals surface area contributed by atoms with E-state index < -0.39 is 5.41 Å². The number of allylic oxidation sites excluding steroid dienone is 3. The Morgan fingerprint density at radius 3 is 2.75 bits per heavy atom. The van der Waals surface area contributed by atoms with Gasteiger partial charge in [-0.25, -0.2) is 0 Å². The van der Waals surface area contributed by atoms with E-state index in [9.17, 15) is 10.5 Å². The molecule has 1 atom stereocenters. The molecule has 1 aliphatic heterocycles. The molecule has 0 bridgehead atoms. The average molecular weight is 259 g/mol. The topological polar surface area (TPSA) is 88.3 Å². The molecule has 1 aromatic heterocycles. The van der Waals surface area contributed by atoms with Gasteiger partial charge in [-0.1, -0.05) is 6.07 Å². The second-order valence-electron chi connectivity index (χ2n) is 5.02. The van der Waals surface area contributed by atoms with Crippen molar-refractivity contribution in [3.8, 4) is 12.1 Å². The van der Waals surface area contributed by atoms with Crippen LogP contribution in [0.2, 0.25) is 0 Å². The Balaban J connectivity index is 1.96. The molecule has 5 nitrogen and oxygen atoms in total. The van der Waals surface area contributed by atoms with Crippen LogP contribution in [-0.2, 0) is 5.41 Å². The van der Waals surface area contributed by atoms with Crippen molar-refractivity contribution in [2.24, 2.45) is 0 Å². The molecule has 4 rings (SSSR count). The number of aromatic nitrogens is 2. The SMILES string of the molecule is CC1=C(C#N)C2(c3ccc4[nH]ncc4c3)C(C#N)=C2N1. The number of nitrogens with one attached hydrogen (secondary N) is 2. The number of H-pyrrole nitrogens is 1. The van der Waals surface area contributed by atoms with E-state index in [4.69, 9.17) is 0 Å². The van der Waals surface area contributed by atoms with E-state index in [0.717, 1.165) is 27.9 Å². The molecule has 94 valence electrons. The standard InChI is InChI=1S/C15H9N5/c1-8-11(5-16)15(12(6-17)14(15)19-8)10-2-3-13-9(4-10)7-18-20-13/h2-4,7,19H,1H3,(H,18,20). The number of dihydropyridines is 1. The molecular formula is C15H9N5. The van der Waals surface area contributed by atoms with Gasteiger partial charge in [0.15, 0.2) is 0 Å². The maximum Gasteiger partial charge on any atom is 0.110 e. The lowest BCUT2D eigenvalue weighted by Crippen LogP contribution is -2.14. The first kappa shape index (κ1) is 10.8. The van der Waals surface area contributed by atoms with Crippen molar-refractivity contribution in [2.45, 2.75) is 12.3 Å². The maximum atomic E-state index is 9.44. The summed E-state index contributed by atoms with van der Waals surface area (Å²) in [6.45, 7) is 1.87. The smallest absolute Gasteiger partial charge is 0.110 e. The monoisotopic (exact) mass is 259 g/mol. The van der Waals surface area contributed by atoms with Gasteiger partial charge in [-0.05, 0) is 24.6 Å². The van der Waals surface area contributed by atoms with Crippen molar-refractivity contribution in [1.82, 2.24) is 15.5 Å². The molecule has 2 aliphatic rings. The summed E-state index contributed by atoms with van der Waals surface area (Å²) in [6.07, 6.45) is 1.74. The highest BCUT2D eigenvalue weighted by atomic mass is 15.1. The lowest BCUT2D eigenvalue weighted by atomic mass is 9.83. The second kappa shape index (κ2) is 3.28. The summed E-state index contributed by atoms with van der Waals surface area (Å²) in [7, 11) is 0. The van der Waals surface area contributed by atoms with Crippen LogP contribution < -0.4 is 5.32 Å². The van der Waals surface area contributed by atoms with Gasteiger partial charge in [-0.2, -0.15) is 15.6 Å². The van der Waals surface area contributed by atoms with E-state index in [0.29, 0.717) is 11.1 Å². The van der Waals surface area contributed by atoms with Crippen LogP contribution in [0.1, 0.15) is 12.5 Å². The summed E-state index contributed by atoms with van der Waals surface area (Å²) in [6, 6.07) is 10.3. The lowest BCUT2D eigenvalue weighted by Gasteiger charge is -2.14. The zero-order chi connectivity index (χ0) is 13.9. The van der Waals surface area contributed by atoms with Crippen LogP contribution in [-0.4, -0.2) is 10.2 Å². The van der Waals surface area contributed by atoms with Crippen molar-refractivity contribution >= 4 is 10.9 Å². The Kier molecular flexibility index (Phi) is 1.78. The quantitative estimate of drug-likeness (QED) is 0.819. The van der Waals surface area contributed by atoms with E-state index in [-0.39, 0.29) is 0 Å². The zero-order valence-corrected chi connectivity index (χ0v) is 10.7. The van der Waals surface area contributed by atoms with Gasteiger partial charge in [0.1, 0.15) is 5.41 Å². The largest absolute Gasteiger partial charge is 0.359 e. The Hall–Kier alpha value is -3.05. The fourth-order valence-electron chi connectivity index (χ4n) is 3.14. The third-order valence-electron chi connectivity index (χ3n) is 4.10. The number of aromatic amines is 1. The summed E-state index contributed by atoms with van der Waals surface area (Å²) in [5.74, 6) is 0. The minimum Gasteiger partial charge on any atom is -0.359 e. The summed E-state index contributed by atoms with van der Waals surface area (Å²) in [5, 5.41) is 29.8. The van der Waals surface area contributed by atoms with Gasteiger partial charge in [0.25, 0.3) is 0 Å². The minimum absolute atomic E-state index is 0.617. The van der Waals surface area contributed by atoms with Crippen LogP contribution in [0.15, 0.2) is 46.9 Å². The normalized spacial score (nSPS) is 23.4. The third kappa shape index (κ3) is 1.000. The van der Waals surface area contributed by atoms with Crippen LogP contribution in [0.3, 0.4) is 0 Å². The van der Waals surface area contributed by atoms with Gasteiger partial charge in [0, 0.05) is 11.1 Å². The summed E-state index contributed by atoms with van der Waals surface area (Å²) >= 11 is 0. The summed E-state index contributed by atoms with van der Waals surface area (Å²) in [5.41, 5.74) is 4.17. The molecule has 0 saturated carbocycles. The fraction of sp³-hybridized carbons (Fsp3) is 0.133. The number of nitrogens with zero attached hydrogens (tertiary/aromatic N) is 3. The highest BCUT2D eigenvalue weighted by Gasteiger charge is 2.62. The van der Waals surface area contributed by atoms with Crippen LogP contribution in [0.4, 0.5) is 0 Å². The van der Waals surface area contributed by atoms with Gasteiger partial charge in [0.05, 0.1) is 40.7 Å². The first-order chi connectivity index (χ1) is 9.73. The molecule has 2 heterocycles. The second-order valence-corrected chi connectivity index (χ2v) is 5.02. The van der Waals surface area contributed by atoms with E-state index in [1.54, 1.807) is 6.20 Å². The third-order valence-corrected chi connectivity index (χ3v) is 4.10. The molecule has 5 heteroatoms. The molecule has 0 saturated heterocycles. The van der Waals surface area contributed by atoms with Crippen LogP contribution in [0.25, 0.3) is 10.9 Å². The molecule has 0 amide bonds. The van der Waals surface area contributed by atoms with Gasteiger partial charge in [-0.15, -0.1) is 0 Å². The van der Waals surface area contributed by atoms with E-state index in [1.165, 1.54) is 0 Å². The Bertz CT molecular complexity index is 916. The van der Waals surface area contributed by atoms with Crippen molar-refractivity contribution in [3.63, 3.8) is 0 Å². The zero-order valence-electron chi connectivity index (χ0n) is 10.7. The van der Waals surface area contributed by atoms with Crippen molar-refractivity contribution in [2.75, 3.05) is 0 Å². The van der Waals surface area contributed by atoms with Crippen LogP contribution in [0, 0.1) is 22.7 Å². The van der Waals surface area contributed by atoms with Gasteiger partial charge >= 0.3 is 0 Å². The number of benzene rings is 1. The summed E-state index contributed by atoms with van der Waals surface area (Å²) < 4.78 is 0.